The molecule has 2 N–H and O–H groups in total. The first-order valence-electron chi connectivity index (χ1n) is 11.2. The number of benzene rings is 1. The van der Waals surface area contributed by atoms with Gasteiger partial charge in [0.2, 0.25) is 0 Å². The standard InChI is InChI=1S/C25H22FN5O3/c1-12-19-8-7-17-20(18-11-28-24(34)31-23(18)33)29-13(2)30-22(17)25(19,9-14(10-27)21(12)32)15-3-5-16(26)6-4-15/h3-6,11-12,14,19H,7-9H2,1-2H3,(H2,28,31,33,34)/t12-,14?,19-,25-/m0/s1. The van der Waals surface area contributed by atoms with Crippen LogP contribution in [0.3, 0.4) is 0 Å². The minimum absolute atomic E-state index is 0.0863. The number of aryl methyl sites for hydroxylation is 1. The van der Waals surface area contributed by atoms with Crippen molar-refractivity contribution in [2.45, 2.75) is 38.5 Å². The quantitative estimate of drug-likeness (QED) is 0.605. The maximum atomic E-state index is 13.9. The van der Waals surface area contributed by atoms with Crippen LogP contribution < -0.4 is 11.2 Å². The van der Waals surface area contributed by atoms with E-state index in [0.29, 0.717) is 30.1 Å². The van der Waals surface area contributed by atoms with Crippen LogP contribution in [0.5, 0.6) is 0 Å². The normalized spacial score (nSPS) is 25.8. The summed E-state index contributed by atoms with van der Waals surface area (Å²) >= 11 is 0. The summed E-state index contributed by atoms with van der Waals surface area (Å²) in [5.41, 5.74) is 0.788. The topological polar surface area (TPSA) is 132 Å². The fourth-order valence-electron chi connectivity index (χ4n) is 5.92. The molecule has 0 bridgehead atoms. The van der Waals surface area contributed by atoms with Crippen molar-refractivity contribution >= 4 is 5.78 Å². The molecule has 1 aromatic carbocycles. The van der Waals surface area contributed by atoms with Gasteiger partial charge in [-0.05, 0) is 49.8 Å². The fraction of sp³-hybridized carbons (Fsp3) is 0.360. The summed E-state index contributed by atoms with van der Waals surface area (Å²) in [7, 11) is 0. The number of ketones is 1. The molecule has 1 unspecified atom stereocenters. The first kappa shape index (κ1) is 21.9. The molecule has 172 valence electrons. The van der Waals surface area contributed by atoms with Gasteiger partial charge >= 0.3 is 5.69 Å². The zero-order valence-electron chi connectivity index (χ0n) is 18.7. The molecule has 9 heteroatoms. The third-order valence-corrected chi connectivity index (χ3v) is 7.39. The first-order valence-corrected chi connectivity index (χ1v) is 11.2. The summed E-state index contributed by atoms with van der Waals surface area (Å²) in [6.45, 7) is 3.56. The Labute approximate surface area is 193 Å². The summed E-state index contributed by atoms with van der Waals surface area (Å²) in [6.07, 6.45) is 2.68. The Balaban J connectivity index is 1.85. The maximum absolute atomic E-state index is 13.9. The van der Waals surface area contributed by atoms with Crippen LogP contribution in [0.25, 0.3) is 11.3 Å². The minimum atomic E-state index is -0.836. The van der Waals surface area contributed by atoms with Crippen LogP contribution in [-0.4, -0.2) is 25.7 Å². The molecule has 0 spiro atoms. The van der Waals surface area contributed by atoms with E-state index in [0.717, 1.165) is 11.1 Å². The number of rotatable bonds is 2. The largest absolute Gasteiger partial charge is 0.325 e. The van der Waals surface area contributed by atoms with E-state index in [1.54, 1.807) is 19.1 Å². The lowest BCUT2D eigenvalue weighted by molar-refractivity contribution is -0.131. The summed E-state index contributed by atoms with van der Waals surface area (Å²) < 4.78 is 13.9. The third-order valence-electron chi connectivity index (χ3n) is 7.39. The lowest BCUT2D eigenvalue weighted by atomic mass is 9.50. The molecule has 2 aliphatic carbocycles. The number of fused-ring (bicyclic) bond motifs is 3. The average Bonchev–Trinajstić information content (AvgIpc) is 2.81. The monoisotopic (exact) mass is 459 g/mol. The van der Waals surface area contributed by atoms with Crippen molar-refractivity contribution in [1.82, 2.24) is 19.9 Å². The molecule has 2 heterocycles. The van der Waals surface area contributed by atoms with Crippen molar-refractivity contribution in [3.8, 4) is 17.3 Å². The highest BCUT2D eigenvalue weighted by molar-refractivity contribution is 5.87. The number of nitrogens with one attached hydrogen (secondary N) is 2. The molecule has 0 saturated heterocycles. The van der Waals surface area contributed by atoms with Gasteiger partial charge in [-0.1, -0.05) is 19.1 Å². The molecule has 4 atom stereocenters. The van der Waals surface area contributed by atoms with Crippen molar-refractivity contribution in [3.63, 3.8) is 0 Å². The molecule has 0 radical (unpaired) electrons. The number of carbonyl (C=O) groups is 1. The number of hydrogen-bond donors (Lipinski definition) is 2. The van der Waals surface area contributed by atoms with Gasteiger partial charge in [-0.25, -0.2) is 19.2 Å². The lowest BCUT2D eigenvalue weighted by Crippen LogP contribution is -2.53. The molecular weight excluding hydrogens is 437 g/mol. The number of hydrogen-bond acceptors (Lipinski definition) is 6. The van der Waals surface area contributed by atoms with Gasteiger partial charge in [0.05, 0.1) is 23.0 Å². The zero-order chi connectivity index (χ0) is 24.2. The number of carbonyl (C=O) groups excluding carboxylic acids is 1. The second-order valence-electron chi connectivity index (χ2n) is 9.13. The summed E-state index contributed by atoms with van der Waals surface area (Å²) in [6, 6.07) is 8.30. The number of nitrogens with zero attached hydrogens (tertiary/aromatic N) is 3. The fourth-order valence-corrected chi connectivity index (χ4v) is 5.92. The number of halogens is 1. The van der Waals surface area contributed by atoms with Crippen molar-refractivity contribution in [1.29, 1.82) is 5.26 Å². The van der Waals surface area contributed by atoms with Gasteiger partial charge in [0.1, 0.15) is 17.6 Å². The summed E-state index contributed by atoms with van der Waals surface area (Å²) in [5, 5.41) is 9.83. The van der Waals surface area contributed by atoms with E-state index in [9.17, 15) is 24.0 Å². The number of aromatic nitrogens is 4. The smallest absolute Gasteiger partial charge is 0.313 e. The molecule has 0 aliphatic heterocycles. The zero-order valence-corrected chi connectivity index (χ0v) is 18.7. The molecular formula is C25H22FN5O3. The lowest BCUT2D eigenvalue weighted by Gasteiger charge is -2.51. The van der Waals surface area contributed by atoms with Gasteiger partial charge in [-0.2, -0.15) is 5.26 Å². The SMILES string of the molecule is Cc1nc(-c2c[nH]c(=O)[nH]c2=O)c2c(n1)[C@]1(c3ccc(F)cc3)CC(C#N)C(=O)[C@@H](C)[C@@H]1CC2. The summed E-state index contributed by atoms with van der Waals surface area (Å²) in [5.74, 6) is -1.44. The highest BCUT2D eigenvalue weighted by Gasteiger charge is 2.56. The molecule has 1 saturated carbocycles. The van der Waals surface area contributed by atoms with E-state index in [2.05, 4.69) is 21.0 Å². The highest BCUT2D eigenvalue weighted by atomic mass is 19.1. The van der Waals surface area contributed by atoms with Crippen molar-refractivity contribution < 1.29 is 9.18 Å². The Morgan fingerprint density at radius 1 is 1.18 bits per heavy atom. The second-order valence-corrected chi connectivity index (χ2v) is 9.13. The minimum Gasteiger partial charge on any atom is -0.313 e. The molecule has 1 fully saturated rings. The predicted molar refractivity (Wildman–Crippen MR) is 120 cm³/mol. The van der Waals surface area contributed by atoms with Crippen molar-refractivity contribution in [2.75, 3.05) is 0 Å². The second kappa shape index (κ2) is 7.83. The molecule has 8 nitrogen and oxygen atoms in total. The number of aromatic amines is 2. The van der Waals surface area contributed by atoms with Crippen LogP contribution in [0, 0.1) is 41.8 Å². The summed E-state index contributed by atoms with van der Waals surface area (Å²) in [4.78, 5) is 51.3. The molecule has 2 aromatic heterocycles. The van der Waals surface area contributed by atoms with E-state index in [-0.39, 0.29) is 29.5 Å². The predicted octanol–water partition coefficient (Wildman–Crippen LogP) is 2.56. The van der Waals surface area contributed by atoms with E-state index >= 15 is 0 Å². The van der Waals surface area contributed by atoms with E-state index < -0.39 is 28.5 Å². The molecule has 5 rings (SSSR count). The molecule has 3 aromatic rings. The average molecular weight is 459 g/mol. The van der Waals surface area contributed by atoms with Crippen LogP contribution in [0.1, 0.15) is 42.4 Å². The first-order chi connectivity index (χ1) is 16.3. The van der Waals surface area contributed by atoms with E-state index in [1.165, 1.54) is 18.3 Å². The van der Waals surface area contributed by atoms with Gasteiger partial charge in [0.15, 0.2) is 5.78 Å². The third kappa shape index (κ3) is 3.13. The van der Waals surface area contributed by atoms with Crippen LogP contribution >= 0.6 is 0 Å². The van der Waals surface area contributed by atoms with E-state index in [1.807, 2.05) is 6.92 Å². The van der Waals surface area contributed by atoms with Gasteiger partial charge < -0.3 is 4.98 Å². The molecule has 34 heavy (non-hydrogen) atoms. The Morgan fingerprint density at radius 2 is 1.91 bits per heavy atom. The van der Waals surface area contributed by atoms with E-state index in [4.69, 9.17) is 4.98 Å². The Hall–Kier alpha value is -3.93. The Morgan fingerprint density at radius 3 is 2.59 bits per heavy atom. The van der Waals surface area contributed by atoms with Crippen LogP contribution in [0.2, 0.25) is 0 Å². The van der Waals surface area contributed by atoms with Crippen LogP contribution in [0.4, 0.5) is 4.39 Å². The number of H-pyrrole nitrogens is 2. The number of nitriles is 1. The van der Waals surface area contributed by atoms with Crippen LogP contribution in [0.15, 0.2) is 40.1 Å². The Kier molecular flexibility index (Phi) is 5.04. The van der Waals surface area contributed by atoms with Crippen molar-refractivity contribution in [3.05, 3.63) is 79.8 Å². The van der Waals surface area contributed by atoms with Gasteiger partial charge in [-0.3, -0.25) is 14.6 Å². The Bertz CT molecular complexity index is 1470. The maximum Gasteiger partial charge on any atom is 0.325 e. The highest BCUT2D eigenvalue weighted by Crippen LogP contribution is 2.56. The van der Waals surface area contributed by atoms with Crippen molar-refractivity contribution in [2.24, 2.45) is 17.8 Å². The van der Waals surface area contributed by atoms with Gasteiger partial charge in [-0.15, -0.1) is 0 Å². The number of Topliss-reactive ketones (excluding diaryl/α,β-unsaturated/α-hetero) is 1. The van der Waals surface area contributed by atoms with Gasteiger partial charge in [0.25, 0.3) is 5.56 Å². The van der Waals surface area contributed by atoms with Crippen LogP contribution in [-0.2, 0) is 16.6 Å². The molecule has 2 aliphatic rings. The molecule has 0 amide bonds. The van der Waals surface area contributed by atoms with Gasteiger partial charge in [0, 0.05) is 23.1 Å².